The highest BCUT2D eigenvalue weighted by Crippen LogP contribution is 2.46. The first kappa shape index (κ1) is 14.2. The van der Waals surface area contributed by atoms with Gasteiger partial charge in [0.2, 0.25) is 0 Å². The minimum absolute atomic E-state index is 0.0348. The van der Waals surface area contributed by atoms with Crippen LogP contribution in [-0.4, -0.2) is 47.9 Å². The van der Waals surface area contributed by atoms with Crippen LogP contribution in [0.15, 0.2) is 24.3 Å². The molecule has 0 radical (unpaired) electrons. The number of hydrogen-bond acceptors (Lipinski definition) is 2. The second kappa shape index (κ2) is 5.65. The van der Waals surface area contributed by atoms with Crippen molar-refractivity contribution in [2.75, 3.05) is 26.2 Å². The topological polar surface area (TPSA) is 23.6 Å². The lowest BCUT2D eigenvalue weighted by Crippen LogP contribution is -2.53. The molecule has 0 spiro atoms. The maximum atomic E-state index is 13.0. The van der Waals surface area contributed by atoms with E-state index in [2.05, 4.69) is 4.90 Å². The first-order valence-electron chi connectivity index (χ1n) is 8.49. The van der Waals surface area contributed by atoms with E-state index >= 15 is 0 Å². The van der Waals surface area contributed by atoms with Crippen molar-refractivity contribution >= 4 is 5.91 Å². The van der Waals surface area contributed by atoms with E-state index in [4.69, 9.17) is 0 Å². The van der Waals surface area contributed by atoms with Crippen molar-refractivity contribution in [1.29, 1.82) is 0 Å². The fourth-order valence-corrected chi connectivity index (χ4v) is 4.69. The van der Waals surface area contributed by atoms with Crippen LogP contribution in [0.5, 0.6) is 0 Å². The lowest BCUT2D eigenvalue weighted by molar-refractivity contribution is 0.0496. The Morgan fingerprint density at radius 2 is 1.73 bits per heavy atom. The molecule has 2 aliphatic carbocycles. The number of carbonyl (C=O) groups is 1. The highest BCUT2D eigenvalue weighted by Gasteiger charge is 2.42. The van der Waals surface area contributed by atoms with Gasteiger partial charge in [0.25, 0.3) is 5.91 Å². The summed E-state index contributed by atoms with van der Waals surface area (Å²) >= 11 is 0. The summed E-state index contributed by atoms with van der Waals surface area (Å²) in [6.45, 7) is 3.57. The van der Waals surface area contributed by atoms with Crippen LogP contribution in [0.2, 0.25) is 0 Å². The Morgan fingerprint density at radius 1 is 1.00 bits per heavy atom. The second-order valence-electron chi connectivity index (χ2n) is 7.08. The van der Waals surface area contributed by atoms with Gasteiger partial charge in [0, 0.05) is 37.8 Å². The molecule has 118 valence electrons. The SMILES string of the molecule is O=C(c1ccc(F)cc1)N1CCN([C@H]2C[C@@H]3CC[C@@H]2C3)CC1. The van der Waals surface area contributed by atoms with Crippen molar-refractivity contribution in [2.24, 2.45) is 11.8 Å². The molecule has 3 fully saturated rings. The summed E-state index contributed by atoms with van der Waals surface area (Å²) in [5.74, 6) is 1.61. The van der Waals surface area contributed by atoms with E-state index in [1.165, 1.54) is 37.8 Å². The number of rotatable bonds is 2. The molecule has 22 heavy (non-hydrogen) atoms. The average molecular weight is 302 g/mol. The molecule has 1 aromatic carbocycles. The zero-order valence-electron chi connectivity index (χ0n) is 12.9. The van der Waals surface area contributed by atoms with E-state index in [0.29, 0.717) is 5.56 Å². The summed E-state index contributed by atoms with van der Waals surface area (Å²) in [6.07, 6.45) is 5.64. The third kappa shape index (κ3) is 2.54. The van der Waals surface area contributed by atoms with Gasteiger partial charge in [0.15, 0.2) is 0 Å². The van der Waals surface area contributed by atoms with E-state index in [9.17, 15) is 9.18 Å². The molecule has 1 aromatic rings. The minimum Gasteiger partial charge on any atom is -0.336 e. The maximum Gasteiger partial charge on any atom is 0.253 e. The molecule has 1 amide bonds. The predicted octanol–water partition coefficient (Wildman–Crippen LogP) is 2.77. The molecule has 2 saturated carbocycles. The van der Waals surface area contributed by atoms with Gasteiger partial charge in [-0.2, -0.15) is 0 Å². The van der Waals surface area contributed by atoms with Crippen molar-refractivity contribution < 1.29 is 9.18 Å². The quantitative estimate of drug-likeness (QED) is 0.839. The number of halogens is 1. The van der Waals surface area contributed by atoms with Gasteiger partial charge in [-0.15, -0.1) is 0 Å². The fraction of sp³-hybridized carbons (Fsp3) is 0.611. The fourth-order valence-electron chi connectivity index (χ4n) is 4.69. The highest BCUT2D eigenvalue weighted by atomic mass is 19.1. The van der Waals surface area contributed by atoms with E-state index < -0.39 is 0 Å². The van der Waals surface area contributed by atoms with E-state index in [1.54, 1.807) is 12.1 Å². The zero-order valence-corrected chi connectivity index (χ0v) is 12.9. The van der Waals surface area contributed by atoms with Crippen LogP contribution in [0.1, 0.15) is 36.0 Å². The van der Waals surface area contributed by atoms with Crippen LogP contribution in [0.3, 0.4) is 0 Å². The van der Waals surface area contributed by atoms with Gasteiger partial charge in [-0.05, 0) is 55.4 Å². The van der Waals surface area contributed by atoms with Gasteiger partial charge in [0.1, 0.15) is 5.82 Å². The molecule has 3 aliphatic rings. The van der Waals surface area contributed by atoms with Crippen LogP contribution < -0.4 is 0 Å². The molecule has 1 heterocycles. The molecular formula is C18H23FN2O. The average Bonchev–Trinajstić information content (AvgIpc) is 3.18. The van der Waals surface area contributed by atoms with Crippen LogP contribution >= 0.6 is 0 Å². The molecule has 0 N–H and O–H groups in total. The first-order valence-corrected chi connectivity index (χ1v) is 8.49. The molecule has 1 aliphatic heterocycles. The number of nitrogens with zero attached hydrogens (tertiary/aromatic N) is 2. The molecule has 0 aromatic heterocycles. The van der Waals surface area contributed by atoms with Crippen molar-refractivity contribution in [3.05, 3.63) is 35.6 Å². The third-order valence-electron chi connectivity index (χ3n) is 5.86. The Kier molecular flexibility index (Phi) is 3.65. The van der Waals surface area contributed by atoms with Gasteiger partial charge in [0.05, 0.1) is 0 Å². The molecule has 4 rings (SSSR count). The number of benzene rings is 1. The zero-order chi connectivity index (χ0) is 15.1. The van der Waals surface area contributed by atoms with Crippen molar-refractivity contribution in [1.82, 2.24) is 9.80 Å². The van der Waals surface area contributed by atoms with Gasteiger partial charge < -0.3 is 4.90 Å². The van der Waals surface area contributed by atoms with Gasteiger partial charge in [-0.25, -0.2) is 4.39 Å². The molecule has 3 nitrogen and oxygen atoms in total. The Balaban J connectivity index is 1.35. The Labute approximate surface area is 131 Å². The van der Waals surface area contributed by atoms with Crippen LogP contribution in [0.25, 0.3) is 0 Å². The molecule has 1 saturated heterocycles. The Morgan fingerprint density at radius 3 is 2.32 bits per heavy atom. The van der Waals surface area contributed by atoms with E-state index in [-0.39, 0.29) is 11.7 Å². The second-order valence-corrected chi connectivity index (χ2v) is 7.08. The monoisotopic (exact) mass is 302 g/mol. The summed E-state index contributed by atoms with van der Waals surface area (Å²) in [5, 5.41) is 0. The largest absolute Gasteiger partial charge is 0.336 e. The summed E-state index contributed by atoms with van der Waals surface area (Å²) < 4.78 is 13.0. The number of hydrogen-bond donors (Lipinski definition) is 0. The Bertz CT molecular complexity index is 551. The number of amides is 1. The normalized spacial score (nSPS) is 31.7. The number of fused-ring (bicyclic) bond motifs is 2. The van der Waals surface area contributed by atoms with Crippen LogP contribution in [0, 0.1) is 17.7 Å². The molecule has 0 unspecified atom stereocenters. The van der Waals surface area contributed by atoms with Crippen molar-refractivity contribution in [3.63, 3.8) is 0 Å². The lowest BCUT2D eigenvalue weighted by Gasteiger charge is -2.41. The van der Waals surface area contributed by atoms with Crippen LogP contribution in [0.4, 0.5) is 4.39 Å². The van der Waals surface area contributed by atoms with Crippen LogP contribution in [-0.2, 0) is 0 Å². The standard InChI is InChI=1S/C18H23FN2O/c19-16-5-3-14(4-6-16)18(22)21-9-7-20(8-10-21)17-12-13-1-2-15(17)11-13/h3-6,13,15,17H,1-2,7-12H2/t13-,15-,17+/m1/s1. The van der Waals surface area contributed by atoms with Gasteiger partial charge in [-0.3, -0.25) is 9.69 Å². The van der Waals surface area contributed by atoms with Gasteiger partial charge >= 0.3 is 0 Å². The summed E-state index contributed by atoms with van der Waals surface area (Å²) in [4.78, 5) is 17.0. The third-order valence-corrected chi connectivity index (χ3v) is 5.86. The molecule has 3 atom stereocenters. The summed E-state index contributed by atoms with van der Waals surface area (Å²) in [7, 11) is 0. The Hall–Kier alpha value is -1.42. The maximum absolute atomic E-state index is 13.0. The minimum atomic E-state index is -0.294. The lowest BCUT2D eigenvalue weighted by atomic mass is 9.93. The number of piperazine rings is 1. The smallest absolute Gasteiger partial charge is 0.253 e. The first-order chi connectivity index (χ1) is 10.7. The molecular weight excluding hydrogens is 279 g/mol. The van der Waals surface area contributed by atoms with Crippen molar-refractivity contribution in [3.8, 4) is 0 Å². The highest BCUT2D eigenvalue weighted by molar-refractivity contribution is 5.94. The van der Waals surface area contributed by atoms with E-state index in [1.807, 2.05) is 4.90 Å². The summed E-state index contributed by atoms with van der Waals surface area (Å²) in [6, 6.07) is 6.65. The van der Waals surface area contributed by atoms with E-state index in [0.717, 1.165) is 44.1 Å². The van der Waals surface area contributed by atoms with Gasteiger partial charge in [-0.1, -0.05) is 6.42 Å². The number of carbonyl (C=O) groups excluding carboxylic acids is 1. The molecule has 2 bridgehead atoms. The predicted molar refractivity (Wildman–Crippen MR) is 83.1 cm³/mol. The summed E-state index contributed by atoms with van der Waals surface area (Å²) in [5.41, 5.74) is 0.592. The molecule has 4 heteroatoms. The van der Waals surface area contributed by atoms with Crippen molar-refractivity contribution in [2.45, 2.75) is 31.7 Å².